The Balaban J connectivity index is 1.67. The van der Waals surface area contributed by atoms with Crippen molar-refractivity contribution in [3.63, 3.8) is 0 Å². The van der Waals surface area contributed by atoms with Crippen LogP contribution in [0.5, 0.6) is 11.5 Å². The van der Waals surface area contributed by atoms with Gasteiger partial charge in [-0.1, -0.05) is 29.8 Å². The molecule has 3 rings (SSSR count). The van der Waals surface area contributed by atoms with Gasteiger partial charge in [-0.25, -0.2) is 0 Å². The third-order valence-corrected chi connectivity index (χ3v) is 3.42. The number of rotatable bonds is 4. The van der Waals surface area contributed by atoms with Crippen LogP contribution in [-0.2, 0) is 6.42 Å². The molecule has 0 N–H and O–H groups in total. The van der Waals surface area contributed by atoms with E-state index >= 15 is 0 Å². The second kappa shape index (κ2) is 5.37. The second-order valence-electron chi connectivity index (χ2n) is 4.98. The molecule has 0 radical (unpaired) electrons. The number of carbonyl (C=O) groups excluding carboxylic acids is 1. The van der Waals surface area contributed by atoms with Gasteiger partial charge in [0.1, 0.15) is 0 Å². The normalized spacial score (nSPS) is 12.4. The van der Waals surface area contributed by atoms with Crippen molar-refractivity contribution in [2.75, 3.05) is 6.79 Å². The molecule has 20 heavy (non-hydrogen) atoms. The fraction of sp³-hybridized carbons (Fsp3) is 0.235. The predicted octanol–water partition coefficient (Wildman–Crippen LogP) is 3.54. The van der Waals surface area contributed by atoms with E-state index in [0.29, 0.717) is 23.5 Å². The van der Waals surface area contributed by atoms with Gasteiger partial charge in [0.2, 0.25) is 6.79 Å². The van der Waals surface area contributed by atoms with Crippen molar-refractivity contribution >= 4 is 5.78 Å². The monoisotopic (exact) mass is 268 g/mol. The summed E-state index contributed by atoms with van der Waals surface area (Å²) in [6.07, 6.45) is 1.26. The average Bonchev–Trinajstić information content (AvgIpc) is 2.92. The van der Waals surface area contributed by atoms with Crippen molar-refractivity contribution in [2.45, 2.75) is 19.8 Å². The molecule has 3 nitrogen and oxygen atoms in total. The van der Waals surface area contributed by atoms with E-state index in [1.165, 1.54) is 11.1 Å². The summed E-state index contributed by atoms with van der Waals surface area (Å²) < 4.78 is 10.5. The Bertz CT molecular complexity index is 646. The fourth-order valence-corrected chi connectivity index (χ4v) is 2.34. The number of hydrogen-bond acceptors (Lipinski definition) is 3. The van der Waals surface area contributed by atoms with Gasteiger partial charge in [-0.05, 0) is 37.1 Å². The summed E-state index contributed by atoms with van der Waals surface area (Å²) in [5.41, 5.74) is 3.10. The van der Waals surface area contributed by atoms with Crippen molar-refractivity contribution in [3.05, 3.63) is 59.2 Å². The molecule has 0 atom stereocenters. The first kappa shape index (κ1) is 12.7. The maximum atomic E-state index is 12.2. The zero-order valence-corrected chi connectivity index (χ0v) is 11.4. The van der Waals surface area contributed by atoms with Crippen LogP contribution >= 0.6 is 0 Å². The predicted molar refractivity (Wildman–Crippen MR) is 76.4 cm³/mol. The van der Waals surface area contributed by atoms with E-state index in [1.807, 2.05) is 6.07 Å². The summed E-state index contributed by atoms with van der Waals surface area (Å²) in [5.74, 6) is 1.50. The van der Waals surface area contributed by atoms with Crippen LogP contribution in [0, 0.1) is 6.92 Å². The van der Waals surface area contributed by atoms with Crippen LogP contribution in [0.2, 0.25) is 0 Å². The van der Waals surface area contributed by atoms with Crippen molar-refractivity contribution in [2.24, 2.45) is 0 Å². The van der Waals surface area contributed by atoms with Crippen LogP contribution < -0.4 is 9.47 Å². The lowest BCUT2D eigenvalue weighted by Crippen LogP contribution is -2.01. The number of aryl methyl sites for hydroxylation is 2. The molecule has 2 aromatic carbocycles. The van der Waals surface area contributed by atoms with Crippen LogP contribution in [-0.4, -0.2) is 12.6 Å². The first-order valence-electron chi connectivity index (χ1n) is 6.71. The Hall–Kier alpha value is -2.29. The zero-order chi connectivity index (χ0) is 13.9. The largest absolute Gasteiger partial charge is 0.454 e. The molecular formula is C17H16O3. The summed E-state index contributed by atoms with van der Waals surface area (Å²) in [4.78, 5) is 12.2. The van der Waals surface area contributed by atoms with Crippen LogP contribution in [0.1, 0.15) is 27.9 Å². The molecule has 1 heterocycles. The number of Topliss-reactive ketones (excluding diaryl/α,β-unsaturated/α-hetero) is 1. The van der Waals surface area contributed by atoms with Gasteiger partial charge >= 0.3 is 0 Å². The zero-order valence-electron chi connectivity index (χ0n) is 11.4. The number of ketones is 1. The smallest absolute Gasteiger partial charge is 0.231 e. The molecule has 0 spiro atoms. The molecule has 0 bridgehead atoms. The molecule has 1 aliphatic heterocycles. The maximum absolute atomic E-state index is 12.2. The SMILES string of the molecule is Cc1cccc(CCC(=O)c2ccc3c(c2)OCO3)c1. The first-order valence-corrected chi connectivity index (χ1v) is 6.71. The summed E-state index contributed by atoms with van der Waals surface area (Å²) in [7, 11) is 0. The van der Waals surface area contributed by atoms with Crippen LogP contribution in [0.15, 0.2) is 42.5 Å². The number of ether oxygens (including phenoxy) is 2. The van der Waals surface area contributed by atoms with Gasteiger partial charge < -0.3 is 9.47 Å². The van der Waals surface area contributed by atoms with E-state index in [0.717, 1.165) is 6.42 Å². The van der Waals surface area contributed by atoms with Crippen LogP contribution in [0.3, 0.4) is 0 Å². The minimum absolute atomic E-state index is 0.129. The fourth-order valence-electron chi connectivity index (χ4n) is 2.34. The van der Waals surface area contributed by atoms with Crippen LogP contribution in [0.25, 0.3) is 0 Å². The molecule has 0 saturated heterocycles. The molecule has 102 valence electrons. The Morgan fingerprint density at radius 1 is 1.10 bits per heavy atom. The molecule has 0 fully saturated rings. The standard InChI is InChI=1S/C17H16O3/c1-12-3-2-4-13(9-12)5-7-15(18)14-6-8-16-17(10-14)20-11-19-16/h2-4,6,8-10H,5,7,11H2,1H3. The second-order valence-corrected chi connectivity index (χ2v) is 4.98. The number of benzene rings is 2. The lowest BCUT2D eigenvalue weighted by molar-refractivity contribution is 0.0982. The topological polar surface area (TPSA) is 35.5 Å². The van der Waals surface area contributed by atoms with Crippen LogP contribution in [0.4, 0.5) is 0 Å². The minimum Gasteiger partial charge on any atom is -0.454 e. The Labute approximate surface area is 118 Å². The van der Waals surface area contributed by atoms with Gasteiger partial charge in [0, 0.05) is 12.0 Å². The van der Waals surface area contributed by atoms with Gasteiger partial charge in [0.15, 0.2) is 17.3 Å². The van der Waals surface area contributed by atoms with Gasteiger partial charge in [-0.3, -0.25) is 4.79 Å². The molecular weight excluding hydrogens is 252 g/mol. The van der Waals surface area contributed by atoms with E-state index in [1.54, 1.807) is 18.2 Å². The molecule has 0 aliphatic carbocycles. The molecule has 0 saturated carbocycles. The lowest BCUT2D eigenvalue weighted by Gasteiger charge is -2.04. The van der Waals surface area contributed by atoms with Crippen molar-refractivity contribution in [3.8, 4) is 11.5 Å². The molecule has 3 heteroatoms. The highest BCUT2D eigenvalue weighted by atomic mass is 16.7. The third kappa shape index (κ3) is 2.67. The van der Waals surface area contributed by atoms with E-state index in [9.17, 15) is 4.79 Å². The van der Waals surface area contributed by atoms with E-state index < -0.39 is 0 Å². The first-order chi connectivity index (χ1) is 9.72. The van der Waals surface area contributed by atoms with Crippen molar-refractivity contribution in [1.82, 2.24) is 0 Å². The van der Waals surface area contributed by atoms with Gasteiger partial charge in [-0.2, -0.15) is 0 Å². The van der Waals surface area contributed by atoms with E-state index in [2.05, 4.69) is 25.1 Å². The number of fused-ring (bicyclic) bond motifs is 1. The molecule has 0 aromatic heterocycles. The third-order valence-electron chi connectivity index (χ3n) is 3.42. The van der Waals surface area contributed by atoms with Gasteiger partial charge in [0.05, 0.1) is 0 Å². The highest BCUT2D eigenvalue weighted by molar-refractivity contribution is 5.96. The van der Waals surface area contributed by atoms with Crippen molar-refractivity contribution < 1.29 is 14.3 Å². The number of carbonyl (C=O) groups is 1. The average molecular weight is 268 g/mol. The highest BCUT2D eigenvalue weighted by Gasteiger charge is 2.16. The summed E-state index contributed by atoms with van der Waals surface area (Å²) in [6, 6.07) is 13.6. The minimum atomic E-state index is 0.129. The maximum Gasteiger partial charge on any atom is 0.231 e. The van der Waals surface area contributed by atoms with Gasteiger partial charge in [-0.15, -0.1) is 0 Å². The lowest BCUT2D eigenvalue weighted by atomic mass is 10.0. The number of hydrogen-bond donors (Lipinski definition) is 0. The van der Waals surface area contributed by atoms with Crippen molar-refractivity contribution in [1.29, 1.82) is 0 Å². The highest BCUT2D eigenvalue weighted by Crippen LogP contribution is 2.32. The molecule has 0 unspecified atom stereocenters. The van der Waals surface area contributed by atoms with E-state index in [-0.39, 0.29) is 12.6 Å². The quantitative estimate of drug-likeness (QED) is 0.796. The molecule has 2 aromatic rings. The summed E-state index contributed by atoms with van der Waals surface area (Å²) >= 11 is 0. The Kier molecular flexibility index (Phi) is 3.42. The summed E-state index contributed by atoms with van der Waals surface area (Å²) in [6.45, 7) is 2.29. The Morgan fingerprint density at radius 2 is 1.95 bits per heavy atom. The Morgan fingerprint density at radius 3 is 2.80 bits per heavy atom. The van der Waals surface area contributed by atoms with Gasteiger partial charge in [0.25, 0.3) is 0 Å². The van der Waals surface area contributed by atoms with E-state index in [4.69, 9.17) is 9.47 Å². The summed E-state index contributed by atoms with van der Waals surface area (Å²) in [5, 5.41) is 0. The molecule has 1 aliphatic rings. The molecule has 0 amide bonds.